The highest BCUT2D eigenvalue weighted by Gasteiger charge is 2.44. The Bertz CT molecular complexity index is 868. The van der Waals surface area contributed by atoms with Gasteiger partial charge in [0.1, 0.15) is 0 Å². The van der Waals surface area contributed by atoms with E-state index in [1.165, 1.54) is 6.26 Å². The molecule has 3 heterocycles. The number of carbonyl (C=O) groups excluding carboxylic acids is 2. The molecule has 0 radical (unpaired) electrons. The van der Waals surface area contributed by atoms with Crippen molar-refractivity contribution >= 4 is 21.5 Å². The summed E-state index contributed by atoms with van der Waals surface area (Å²) in [4.78, 5) is 26.6. The van der Waals surface area contributed by atoms with Gasteiger partial charge in [0.25, 0.3) is 11.8 Å². The minimum atomic E-state index is -2.51. The van der Waals surface area contributed by atoms with Gasteiger partial charge in [0.15, 0.2) is 5.76 Å². The largest absolute Gasteiger partial charge is 0.459 e. The molecular formula is C19H26N2O5S. The van der Waals surface area contributed by atoms with E-state index in [1.54, 1.807) is 11.0 Å². The second kappa shape index (κ2) is 6.74. The Labute approximate surface area is 159 Å². The van der Waals surface area contributed by atoms with Crippen LogP contribution in [0.25, 0.3) is 0 Å². The Morgan fingerprint density at radius 2 is 2.04 bits per heavy atom. The standard InChI is InChI=1S/C19H26N2O5S/c1-13-3-7-25-16(13)18(23)21-6-8-26-19(12-21)4-9-27(24,10-5-19)20-17(22)15-11-14(15)2/h3,7,14-15H,4-6,8-12H2,1-2H3. The monoisotopic (exact) mass is 394 g/mol. The maximum Gasteiger partial charge on any atom is 0.290 e. The molecule has 1 spiro atoms. The second-order valence-electron chi connectivity index (χ2n) is 8.12. The fourth-order valence-corrected chi connectivity index (χ4v) is 6.20. The molecule has 1 saturated carbocycles. The number of amides is 2. The number of rotatable bonds is 2. The van der Waals surface area contributed by atoms with Crippen LogP contribution in [0.2, 0.25) is 0 Å². The van der Waals surface area contributed by atoms with Crippen molar-refractivity contribution in [2.24, 2.45) is 16.2 Å². The van der Waals surface area contributed by atoms with Gasteiger partial charge in [-0.15, -0.1) is 0 Å². The molecule has 1 aromatic heterocycles. The van der Waals surface area contributed by atoms with Crippen molar-refractivity contribution in [3.63, 3.8) is 0 Å². The number of aryl methyl sites for hydroxylation is 1. The summed E-state index contributed by atoms with van der Waals surface area (Å²) >= 11 is 0. The summed E-state index contributed by atoms with van der Waals surface area (Å²) in [6, 6.07) is 1.78. The van der Waals surface area contributed by atoms with Crippen LogP contribution in [0.15, 0.2) is 21.1 Å². The summed E-state index contributed by atoms with van der Waals surface area (Å²) in [5.74, 6) is 1.07. The lowest BCUT2D eigenvalue weighted by atomic mass is 9.94. The third-order valence-electron chi connectivity index (χ3n) is 6.03. The SMILES string of the molecule is Cc1ccoc1C(=O)N1CCOC2(CCS(=O)(=NC(=O)C3CC3C)CC2)C1. The van der Waals surface area contributed by atoms with Crippen LogP contribution in [0.3, 0.4) is 0 Å². The van der Waals surface area contributed by atoms with Gasteiger partial charge in [0, 0.05) is 29.5 Å². The average Bonchev–Trinajstić information content (AvgIpc) is 3.23. The molecule has 3 fully saturated rings. The molecule has 2 saturated heterocycles. The maximum atomic E-state index is 13.0. The topological polar surface area (TPSA) is 89.2 Å². The number of ether oxygens (including phenoxy) is 1. The van der Waals surface area contributed by atoms with Crippen LogP contribution in [0.5, 0.6) is 0 Å². The molecule has 3 aliphatic rings. The Morgan fingerprint density at radius 1 is 1.33 bits per heavy atom. The molecule has 4 rings (SSSR count). The van der Waals surface area contributed by atoms with Gasteiger partial charge in [-0.25, -0.2) is 4.21 Å². The van der Waals surface area contributed by atoms with E-state index in [-0.39, 0.29) is 17.7 Å². The first-order valence-electron chi connectivity index (χ1n) is 9.55. The maximum absolute atomic E-state index is 13.0. The quantitative estimate of drug-likeness (QED) is 0.767. The van der Waals surface area contributed by atoms with Gasteiger partial charge in [-0.1, -0.05) is 6.92 Å². The van der Waals surface area contributed by atoms with Crippen LogP contribution in [-0.2, 0) is 19.3 Å². The van der Waals surface area contributed by atoms with Gasteiger partial charge in [-0.3, -0.25) is 9.59 Å². The van der Waals surface area contributed by atoms with Crippen molar-refractivity contribution in [1.29, 1.82) is 0 Å². The Morgan fingerprint density at radius 3 is 2.63 bits per heavy atom. The highest BCUT2D eigenvalue weighted by Crippen LogP contribution is 2.39. The fourth-order valence-electron chi connectivity index (χ4n) is 3.96. The molecular weight excluding hydrogens is 368 g/mol. The Kier molecular flexibility index (Phi) is 4.66. The molecule has 0 bridgehead atoms. The smallest absolute Gasteiger partial charge is 0.290 e. The summed E-state index contributed by atoms with van der Waals surface area (Å²) in [6.07, 6.45) is 3.47. The Balaban J connectivity index is 1.44. The van der Waals surface area contributed by atoms with Crippen molar-refractivity contribution < 1.29 is 23.0 Å². The van der Waals surface area contributed by atoms with E-state index in [4.69, 9.17) is 9.15 Å². The molecule has 2 unspecified atom stereocenters. The fraction of sp³-hybridized carbons (Fsp3) is 0.684. The Hall–Kier alpha value is -1.67. The van der Waals surface area contributed by atoms with Crippen molar-refractivity contribution in [1.82, 2.24) is 4.90 Å². The van der Waals surface area contributed by atoms with E-state index in [0.29, 0.717) is 55.7 Å². The van der Waals surface area contributed by atoms with Gasteiger partial charge in [0.2, 0.25) is 0 Å². The number of hydrogen-bond acceptors (Lipinski definition) is 5. The van der Waals surface area contributed by atoms with Crippen molar-refractivity contribution in [2.75, 3.05) is 31.2 Å². The number of morpholine rings is 1. The average molecular weight is 394 g/mol. The third-order valence-corrected chi connectivity index (χ3v) is 8.23. The number of nitrogens with zero attached hydrogens (tertiary/aromatic N) is 2. The first kappa shape index (κ1) is 18.7. The van der Waals surface area contributed by atoms with E-state index < -0.39 is 15.3 Å². The molecule has 1 aliphatic carbocycles. The second-order valence-corrected chi connectivity index (χ2v) is 10.7. The molecule has 148 valence electrons. The van der Waals surface area contributed by atoms with E-state index in [0.717, 1.165) is 12.0 Å². The lowest BCUT2D eigenvalue weighted by Gasteiger charge is -2.45. The van der Waals surface area contributed by atoms with E-state index in [1.807, 2.05) is 13.8 Å². The normalized spacial score (nSPS) is 35.9. The lowest BCUT2D eigenvalue weighted by Crippen LogP contribution is -2.56. The van der Waals surface area contributed by atoms with Crippen LogP contribution < -0.4 is 0 Å². The number of carbonyl (C=O) groups is 2. The van der Waals surface area contributed by atoms with E-state index in [9.17, 15) is 13.8 Å². The molecule has 0 N–H and O–H groups in total. The van der Waals surface area contributed by atoms with E-state index >= 15 is 0 Å². The minimum Gasteiger partial charge on any atom is -0.459 e. The van der Waals surface area contributed by atoms with Crippen LogP contribution in [0, 0.1) is 18.8 Å². The predicted octanol–water partition coefficient (Wildman–Crippen LogP) is 2.24. The molecule has 0 aromatic carbocycles. The first-order valence-corrected chi connectivity index (χ1v) is 11.4. The molecule has 7 nitrogen and oxygen atoms in total. The zero-order valence-corrected chi connectivity index (χ0v) is 16.6. The summed E-state index contributed by atoms with van der Waals surface area (Å²) in [5, 5.41) is 0. The highest BCUT2D eigenvalue weighted by molar-refractivity contribution is 7.93. The van der Waals surface area contributed by atoms with Crippen LogP contribution in [-0.4, -0.2) is 57.7 Å². The molecule has 2 aliphatic heterocycles. The predicted molar refractivity (Wildman–Crippen MR) is 99.8 cm³/mol. The summed E-state index contributed by atoms with van der Waals surface area (Å²) in [6.45, 7) is 5.28. The van der Waals surface area contributed by atoms with Gasteiger partial charge in [-0.05, 0) is 38.2 Å². The van der Waals surface area contributed by atoms with Crippen molar-refractivity contribution in [2.45, 2.75) is 38.7 Å². The van der Waals surface area contributed by atoms with Gasteiger partial charge >= 0.3 is 0 Å². The summed E-state index contributed by atoms with van der Waals surface area (Å²) < 4.78 is 28.5. The van der Waals surface area contributed by atoms with E-state index in [2.05, 4.69) is 4.36 Å². The summed E-state index contributed by atoms with van der Waals surface area (Å²) in [5.41, 5.74) is 0.319. The van der Waals surface area contributed by atoms with Crippen LogP contribution in [0.4, 0.5) is 0 Å². The molecule has 2 amide bonds. The van der Waals surface area contributed by atoms with Crippen LogP contribution in [0.1, 0.15) is 42.3 Å². The zero-order chi connectivity index (χ0) is 19.2. The lowest BCUT2D eigenvalue weighted by molar-refractivity contribution is -0.119. The zero-order valence-electron chi connectivity index (χ0n) is 15.8. The molecule has 27 heavy (non-hydrogen) atoms. The third kappa shape index (κ3) is 3.69. The number of hydrogen-bond donors (Lipinski definition) is 0. The van der Waals surface area contributed by atoms with Gasteiger partial charge < -0.3 is 14.1 Å². The van der Waals surface area contributed by atoms with Crippen LogP contribution >= 0.6 is 0 Å². The highest BCUT2D eigenvalue weighted by atomic mass is 32.2. The summed E-state index contributed by atoms with van der Waals surface area (Å²) in [7, 11) is -2.51. The first-order chi connectivity index (χ1) is 12.8. The van der Waals surface area contributed by atoms with Gasteiger partial charge in [0.05, 0.1) is 34.7 Å². The number of furan rings is 1. The van der Waals surface area contributed by atoms with Gasteiger partial charge in [-0.2, -0.15) is 4.36 Å². The molecule has 8 heteroatoms. The molecule has 2 atom stereocenters. The van der Waals surface area contributed by atoms with Crippen molar-refractivity contribution in [3.8, 4) is 0 Å². The molecule has 1 aromatic rings. The minimum absolute atomic E-state index is 0.0326. The van der Waals surface area contributed by atoms with Crippen molar-refractivity contribution in [3.05, 3.63) is 23.7 Å².